The second kappa shape index (κ2) is 12.7. The predicted molar refractivity (Wildman–Crippen MR) is 31.5 cm³/mol. The van der Waals surface area contributed by atoms with E-state index in [1.165, 1.54) is 0 Å². The number of hydrogen-bond donors (Lipinski definition) is 0. The maximum absolute atomic E-state index is 10.2. The van der Waals surface area contributed by atoms with Crippen molar-refractivity contribution in [3.8, 4) is 0 Å². The summed E-state index contributed by atoms with van der Waals surface area (Å²) in [7, 11) is 0. The molecule has 0 aromatic carbocycles. The Balaban J connectivity index is -0.000000320. The van der Waals surface area contributed by atoms with Gasteiger partial charge in [-0.2, -0.15) is 0 Å². The van der Waals surface area contributed by atoms with E-state index in [4.69, 9.17) is 0 Å². The molecule has 0 aliphatic heterocycles. The minimum absolute atomic E-state index is 0. The molecule has 0 N–H and O–H groups in total. The molecule has 0 aliphatic rings. The summed E-state index contributed by atoms with van der Waals surface area (Å²) in [6.07, 6.45) is -0.373. The van der Waals surface area contributed by atoms with E-state index in [-0.39, 0.29) is 116 Å². The fourth-order valence-electron chi connectivity index (χ4n) is 0.251. The normalized spacial score (nSPS) is 7.00. The quantitative estimate of drug-likeness (QED) is 0.480. The van der Waals surface area contributed by atoms with Gasteiger partial charge in [-0.3, -0.25) is 0 Å². The molecule has 0 aromatic heterocycles. The van der Waals surface area contributed by atoms with E-state index >= 15 is 0 Å². The largest absolute Gasteiger partial charge is 1.00 e. The maximum atomic E-state index is 10.2. The van der Waals surface area contributed by atoms with Crippen molar-refractivity contribution in [2.24, 2.45) is 0 Å². The zero-order valence-electron chi connectivity index (χ0n) is 6.46. The van der Waals surface area contributed by atoms with E-state index in [9.17, 15) is 14.7 Å². The number of amides is 1. The van der Waals surface area contributed by atoms with Crippen LogP contribution in [0.25, 0.3) is 4.34 Å². The van der Waals surface area contributed by atoms with E-state index in [2.05, 4.69) is 20.5 Å². The van der Waals surface area contributed by atoms with Gasteiger partial charge < -0.3 is 19.0 Å². The number of hydrogen-bond acceptors (Lipinski definition) is 3. The van der Waals surface area contributed by atoms with Crippen LogP contribution in [0.5, 0.6) is 0 Å². The van der Waals surface area contributed by atoms with Gasteiger partial charge >= 0.3 is 103 Å². The first-order valence-electron chi connectivity index (χ1n) is 2.21. The number of carbonyl (C=O) groups is 2. The summed E-state index contributed by atoms with van der Waals surface area (Å²) in [5, 5.41) is 9.70. The summed E-state index contributed by atoms with van der Waals surface area (Å²) >= 11 is 2.53. The summed E-state index contributed by atoms with van der Waals surface area (Å²) in [6, 6.07) is 0. The monoisotopic (exact) mass is 271 g/mol. The second-order valence-corrected chi connectivity index (χ2v) is 1.70. The molecule has 0 unspecified atom stereocenters. The molecule has 11 heavy (non-hydrogen) atoms. The molecule has 0 atom stereocenters. The summed E-state index contributed by atoms with van der Waals surface area (Å²) in [5.74, 6) is -1.72. The van der Waals surface area contributed by atoms with Gasteiger partial charge in [-0.05, 0) is 12.8 Å². The summed E-state index contributed by atoms with van der Waals surface area (Å²) in [4.78, 5) is 19.9. The summed E-state index contributed by atoms with van der Waals surface area (Å²) in [6.45, 7) is 0. The van der Waals surface area contributed by atoms with E-state index in [0.717, 1.165) is 0 Å². The fraction of sp³-hybridized carbons (Fsp3) is 0.500. The Hall–Kier alpha value is 2.69. The number of carboxylic acid groups (broad SMARTS) is 1. The van der Waals surface area contributed by atoms with Crippen molar-refractivity contribution in [1.29, 1.82) is 0 Å². The first-order valence-corrected chi connectivity index (χ1v) is 2.92. The molecule has 0 aliphatic carbocycles. The van der Waals surface area contributed by atoms with Gasteiger partial charge in [-0.1, -0.05) is 0 Å². The summed E-state index contributed by atoms with van der Waals surface area (Å²) < 4.78 is 3.04. The minimum Gasteiger partial charge on any atom is -0.592 e. The molecule has 0 saturated heterocycles. The van der Waals surface area contributed by atoms with Crippen LogP contribution < -0.4 is 108 Å². The van der Waals surface area contributed by atoms with Crippen LogP contribution in [0.3, 0.4) is 0 Å². The van der Waals surface area contributed by atoms with Gasteiger partial charge in [0.05, 0.1) is 5.91 Å². The Morgan fingerprint density at radius 1 is 1.27 bits per heavy atom. The van der Waals surface area contributed by atoms with Gasteiger partial charge in [0.25, 0.3) is 0 Å². The summed E-state index contributed by atoms with van der Waals surface area (Å²) in [5.41, 5.74) is 0. The van der Waals surface area contributed by atoms with Gasteiger partial charge in [-0.25, -0.2) is 16.1 Å². The zero-order valence-corrected chi connectivity index (χ0v) is 14.3. The maximum Gasteiger partial charge on any atom is 1.00 e. The van der Waals surface area contributed by atoms with E-state index in [1.807, 2.05) is 0 Å². The van der Waals surface area contributed by atoms with Gasteiger partial charge in [0.15, 0.2) is 0 Å². The van der Waals surface area contributed by atoms with Crippen LogP contribution in [-0.4, -0.2) is 11.9 Å². The molecule has 0 spiro atoms. The third-order valence-electron chi connectivity index (χ3n) is 0.637. The Morgan fingerprint density at radius 3 is 2.00 bits per heavy atom. The van der Waals surface area contributed by atoms with Gasteiger partial charge in [0.2, 0.25) is 0 Å². The molecular formula is C4H4BrK2NO3. The molecule has 0 radical (unpaired) electrons. The molecule has 0 heterocycles. The topological polar surface area (TPSA) is 71.3 Å². The number of rotatable bonds is 3. The van der Waals surface area contributed by atoms with Crippen molar-refractivity contribution in [2.45, 2.75) is 12.8 Å². The Morgan fingerprint density at radius 2 is 1.73 bits per heavy atom. The molecule has 4 nitrogen and oxygen atoms in total. The molecule has 0 aromatic rings. The van der Waals surface area contributed by atoms with Crippen molar-refractivity contribution >= 4 is 28.0 Å². The number of nitrogens with zero attached hydrogens (tertiary/aromatic N) is 1. The minimum atomic E-state index is -1.24. The van der Waals surface area contributed by atoms with Gasteiger partial charge in [0, 0.05) is 5.97 Å². The van der Waals surface area contributed by atoms with Crippen molar-refractivity contribution in [1.82, 2.24) is 0 Å². The molecule has 52 valence electrons. The van der Waals surface area contributed by atoms with E-state index < -0.39 is 11.9 Å². The van der Waals surface area contributed by atoms with E-state index in [1.54, 1.807) is 0 Å². The standard InChI is InChI=1S/C4H6BrNO3.2K/c5-6-3(7)1-2-4(8)9;;/h1-2H2,(H2,6,7,8,9);;/q;2*+1/p-2. The van der Waals surface area contributed by atoms with Crippen LogP contribution in [0.15, 0.2) is 0 Å². The number of carbonyl (C=O) groups excluding carboxylic acids is 2. The average Bonchev–Trinajstić information content (AvgIpc) is 1.83. The zero-order chi connectivity index (χ0) is 7.28. The molecule has 7 heteroatoms. The SMILES string of the molecule is O=C([O-])CCC(=O)[N-]Br.[K+].[K+]. The smallest absolute Gasteiger partial charge is 0.592 e. The Kier molecular flexibility index (Phi) is 22.3. The van der Waals surface area contributed by atoms with Crippen LogP contribution in [0, 0.1) is 0 Å². The van der Waals surface area contributed by atoms with E-state index in [0.29, 0.717) is 0 Å². The number of halogens is 1. The third-order valence-corrected chi connectivity index (χ3v) is 1.03. The fourth-order valence-corrected chi connectivity index (χ4v) is 0.429. The van der Waals surface area contributed by atoms with Gasteiger partial charge in [-0.15, -0.1) is 0 Å². The second-order valence-electron chi connectivity index (χ2n) is 1.35. The van der Waals surface area contributed by atoms with Crippen molar-refractivity contribution in [3.05, 3.63) is 4.34 Å². The first-order chi connectivity index (χ1) is 4.16. The number of carboxylic acids is 1. The number of aliphatic carboxylic acids is 1. The molecule has 0 saturated carbocycles. The molecule has 1 amide bonds. The van der Waals surface area contributed by atoms with Crippen LogP contribution >= 0.6 is 16.1 Å². The average molecular weight is 272 g/mol. The van der Waals surface area contributed by atoms with Crippen molar-refractivity contribution in [2.75, 3.05) is 0 Å². The van der Waals surface area contributed by atoms with Crippen molar-refractivity contribution in [3.63, 3.8) is 0 Å². The molecule has 0 bridgehead atoms. The van der Waals surface area contributed by atoms with Crippen molar-refractivity contribution < 1.29 is 117 Å². The molecule has 0 fully saturated rings. The Labute approximate surface area is 158 Å². The van der Waals surface area contributed by atoms with Gasteiger partial charge in [0.1, 0.15) is 0 Å². The third kappa shape index (κ3) is 15.4. The van der Waals surface area contributed by atoms with Crippen LogP contribution in [0.2, 0.25) is 0 Å². The molecular weight excluding hydrogens is 268 g/mol. The van der Waals surface area contributed by atoms with Crippen LogP contribution in [-0.2, 0) is 9.59 Å². The predicted octanol–water partition coefficient (Wildman–Crippen LogP) is -6.27. The van der Waals surface area contributed by atoms with Crippen LogP contribution in [0.4, 0.5) is 0 Å². The Bertz CT molecular complexity index is 133. The first kappa shape index (κ1) is 19.3. The molecule has 0 rings (SSSR count). The van der Waals surface area contributed by atoms with Crippen LogP contribution in [0.1, 0.15) is 12.8 Å².